The van der Waals surface area contributed by atoms with Crippen LogP contribution in [0.2, 0.25) is 5.02 Å². The molecule has 2 aromatic heterocycles. The zero-order valence-corrected chi connectivity index (χ0v) is 20.9. The van der Waals surface area contributed by atoms with Crippen LogP contribution >= 0.6 is 46.5 Å². The van der Waals surface area contributed by atoms with Crippen molar-refractivity contribution in [2.45, 2.75) is 16.9 Å². The minimum Gasteiger partial charge on any atom is -0.391 e. The Morgan fingerprint density at radius 2 is 1.82 bits per heavy atom. The first-order valence-electron chi connectivity index (χ1n) is 10.3. The van der Waals surface area contributed by atoms with Gasteiger partial charge in [0.25, 0.3) is 0 Å². The van der Waals surface area contributed by atoms with Crippen LogP contribution in [-0.4, -0.2) is 27.7 Å². The van der Waals surface area contributed by atoms with Gasteiger partial charge in [0.1, 0.15) is 11.1 Å². The lowest BCUT2D eigenvalue weighted by Gasteiger charge is -2.14. The lowest BCUT2D eigenvalue weighted by molar-refractivity contribution is 0.225. The fourth-order valence-corrected chi connectivity index (χ4v) is 6.08. The van der Waals surface area contributed by atoms with Crippen molar-refractivity contribution >= 4 is 46.5 Å². The Balaban J connectivity index is 1.49. The molecule has 0 saturated carbocycles. The fourth-order valence-electron chi connectivity index (χ4n) is 3.25. The first-order chi connectivity index (χ1) is 16.1. The van der Waals surface area contributed by atoms with Crippen molar-refractivity contribution in [2.24, 2.45) is 0 Å². The average Bonchev–Trinajstić information content (AvgIpc) is 3.39. The van der Waals surface area contributed by atoms with E-state index in [2.05, 4.69) is 6.07 Å². The van der Waals surface area contributed by atoms with Gasteiger partial charge in [-0.15, -0.1) is 23.1 Å². The molecule has 7 heteroatoms. The summed E-state index contributed by atoms with van der Waals surface area (Å²) in [4.78, 5) is 5.85. The van der Waals surface area contributed by atoms with Gasteiger partial charge >= 0.3 is 0 Å². The van der Waals surface area contributed by atoms with Crippen LogP contribution in [0.4, 0.5) is 0 Å². The summed E-state index contributed by atoms with van der Waals surface area (Å²) in [5.41, 5.74) is 4.42. The Bertz CT molecular complexity index is 1220. The summed E-state index contributed by atoms with van der Waals surface area (Å²) in [6, 6.07) is 26.0. The van der Waals surface area contributed by atoms with E-state index in [0.717, 1.165) is 32.5 Å². The summed E-state index contributed by atoms with van der Waals surface area (Å²) in [5.74, 6) is 1.89. The van der Waals surface area contributed by atoms with Crippen LogP contribution in [0, 0.1) is 11.3 Å². The molecule has 4 aromatic rings. The minimum atomic E-state index is -0.508. The van der Waals surface area contributed by atoms with Gasteiger partial charge in [-0.05, 0) is 40.8 Å². The first kappa shape index (κ1) is 23.9. The van der Waals surface area contributed by atoms with Crippen LogP contribution in [0.1, 0.15) is 11.1 Å². The van der Waals surface area contributed by atoms with Gasteiger partial charge in [0, 0.05) is 27.8 Å². The SMILES string of the molecule is N#Cc1c(-c2ccccc2)cc(-c2cccs2)nc1SCC(O)CSCc1ccc(Cl)cc1. The third-order valence-corrected chi connectivity index (χ3v) is 8.28. The first-order valence-corrected chi connectivity index (χ1v) is 13.7. The number of benzene rings is 2. The second-order valence-electron chi connectivity index (χ2n) is 7.30. The van der Waals surface area contributed by atoms with E-state index in [0.29, 0.717) is 22.1 Å². The van der Waals surface area contributed by atoms with E-state index >= 15 is 0 Å². The van der Waals surface area contributed by atoms with Crippen molar-refractivity contribution in [1.29, 1.82) is 5.26 Å². The summed E-state index contributed by atoms with van der Waals surface area (Å²) < 4.78 is 0. The maximum atomic E-state index is 10.6. The summed E-state index contributed by atoms with van der Waals surface area (Å²) in [6.45, 7) is 0. The van der Waals surface area contributed by atoms with Crippen LogP contribution in [0.5, 0.6) is 0 Å². The summed E-state index contributed by atoms with van der Waals surface area (Å²) in [5, 5.41) is 23.9. The Labute approximate surface area is 211 Å². The maximum absolute atomic E-state index is 10.6. The Hall–Kier alpha value is -2.27. The van der Waals surface area contributed by atoms with E-state index in [1.807, 2.05) is 78.2 Å². The molecule has 4 rings (SSSR count). The Morgan fingerprint density at radius 1 is 1.03 bits per heavy atom. The topological polar surface area (TPSA) is 56.9 Å². The predicted molar refractivity (Wildman–Crippen MR) is 142 cm³/mol. The molecule has 33 heavy (non-hydrogen) atoms. The number of aliphatic hydroxyl groups is 1. The number of aliphatic hydroxyl groups excluding tert-OH is 1. The van der Waals surface area contributed by atoms with Gasteiger partial charge in [0.15, 0.2) is 0 Å². The molecule has 1 N–H and O–H groups in total. The highest BCUT2D eigenvalue weighted by Gasteiger charge is 2.17. The second kappa shape index (κ2) is 11.7. The standard InChI is InChI=1S/C26H21ClN2OS3/c27-20-10-8-18(9-11-20)15-31-16-21(30)17-33-26-23(14-28)22(19-5-2-1-3-6-19)13-24(29-26)25-7-4-12-32-25/h1-13,21,30H,15-17H2. The third kappa shape index (κ3) is 6.41. The number of hydrogen-bond donors (Lipinski definition) is 1. The largest absolute Gasteiger partial charge is 0.391 e. The lowest BCUT2D eigenvalue weighted by Crippen LogP contribution is -2.13. The fraction of sp³-hybridized carbons (Fsp3) is 0.154. The maximum Gasteiger partial charge on any atom is 0.115 e. The molecule has 0 spiro atoms. The van der Waals surface area contributed by atoms with Crippen molar-refractivity contribution in [3.8, 4) is 27.8 Å². The van der Waals surface area contributed by atoms with Gasteiger partial charge in [0.05, 0.1) is 22.2 Å². The van der Waals surface area contributed by atoms with Gasteiger partial charge in [-0.2, -0.15) is 17.0 Å². The van der Waals surface area contributed by atoms with Crippen molar-refractivity contribution in [2.75, 3.05) is 11.5 Å². The smallest absolute Gasteiger partial charge is 0.115 e. The van der Waals surface area contributed by atoms with Gasteiger partial charge in [0.2, 0.25) is 0 Å². The summed E-state index contributed by atoms with van der Waals surface area (Å²) in [6.07, 6.45) is -0.508. The van der Waals surface area contributed by atoms with Crippen LogP contribution in [-0.2, 0) is 5.75 Å². The summed E-state index contributed by atoms with van der Waals surface area (Å²) in [7, 11) is 0. The minimum absolute atomic E-state index is 0.470. The zero-order valence-electron chi connectivity index (χ0n) is 17.6. The number of halogens is 1. The number of hydrogen-bond acceptors (Lipinski definition) is 6. The van der Waals surface area contributed by atoms with Gasteiger partial charge in [-0.3, -0.25) is 0 Å². The molecular formula is C26H21ClN2OS3. The van der Waals surface area contributed by atoms with E-state index in [-0.39, 0.29) is 0 Å². The second-order valence-corrected chi connectivity index (χ2v) is 10.7. The van der Waals surface area contributed by atoms with E-state index in [4.69, 9.17) is 16.6 Å². The average molecular weight is 509 g/mol. The number of thiophene rings is 1. The molecule has 0 saturated heterocycles. The molecule has 0 fully saturated rings. The number of rotatable bonds is 9. The highest BCUT2D eigenvalue weighted by Crippen LogP contribution is 2.35. The molecular weight excluding hydrogens is 488 g/mol. The van der Waals surface area contributed by atoms with Crippen molar-refractivity contribution in [1.82, 2.24) is 4.98 Å². The van der Waals surface area contributed by atoms with Gasteiger partial charge in [-0.25, -0.2) is 4.98 Å². The predicted octanol–water partition coefficient (Wildman–Crippen LogP) is 7.39. The van der Waals surface area contributed by atoms with E-state index in [9.17, 15) is 10.4 Å². The van der Waals surface area contributed by atoms with E-state index in [1.165, 1.54) is 17.3 Å². The number of nitrogens with zero attached hydrogens (tertiary/aromatic N) is 2. The summed E-state index contributed by atoms with van der Waals surface area (Å²) >= 11 is 10.7. The number of pyridine rings is 1. The third-order valence-electron chi connectivity index (χ3n) is 4.86. The van der Waals surface area contributed by atoms with Crippen LogP contribution in [0.3, 0.4) is 0 Å². The number of nitriles is 1. The molecule has 0 aliphatic carbocycles. The monoisotopic (exact) mass is 508 g/mol. The van der Waals surface area contributed by atoms with E-state index in [1.54, 1.807) is 23.1 Å². The quantitative estimate of drug-likeness (QED) is 0.239. The zero-order chi connectivity index (χ0) is 23.0. The van der Waals surface area contributed by atoms with E-state index < -0.39 is 6.10 Å². The lowest BCUT2D eigenvalue weighted by atomic mass is 10.0. The Morgan fingerprint density at radius 3 is 2.52 bits per heavy atom. The molecule has 0 radical (unpaired) electrons. The van der Waals surface area contributed by atoms with Crippen LogP contribution in [0.15, 0.2) is 83.2 Å². The van der Waals surface area contributed by atoms with Crippen LogP contribution in [0.25, 0.3) is 21.7 Å². The van der Waals surface area contributed by atoms with Gasteiger partial charge in [-0.1, -0.05) is 60.1 Å². The molecule has 0 aliphatic rings. The molecule has 1 atom stereocenters. The van der Waals surface area contributed by atoms with Crippen LogP contribution < -0.4 is 0 Å². The molecule has 166 valence electrons. The van der Waals surface area contributed by atoms with Gasteiger partial charge < -0.3 is 5.11 Å². The molecule has 0 aliphatic heterocycles. The molecule has 2 aromatic carbocycles. The highest BCUT2D eigenvalue weighted by molar-refractivity contribution is 7.99. The molecule has 0 bridgehead atoms. The number of thioether (sulfide) groups is 2. The molecule has 2 heterocycles. The van der Waals surface area contributed by atoms with Crippen molar-refractivity contribution < 1.29 is 5.11 Å². The Kier molecular flexibility index (Phi) is 8.49. The molecule has 3 nitrogen and oxygen atoms in total. The molecule has 0 amide bonds. The highest BCUT2D eigenvalue weighted by atomic mass is 35.5. The van der Waals surface area contributed by atoms with Crippen molar-refractivity contribution in [3.63, 3.8) is 0 Å². The van der Waals surface area contributed by atoms with Crippen molar-refractivity contribution in [3.05, 3.63) is 94.3 Å². The normalized spacial score (nSPS) is 11.8. The molecule has 1 unspecified atom stereocenters. The number of aromatic nitrogens is 1.